The number of imide groups is 1. The van der Waals surface area contributed by atoms with Gasteiger partial charge in [-0.25, -0.2) is 4.90 Å². The number of nitro benzene ring substituents is 1. The molecule has 9 rings (SSSR count). The van der Waals surface area contributed by atoms with Gasteiger partial charge in [-0.1, -0.05) is 96.5 Å². The molecule has 43 heavy (non-hydrogen) atoms. The molecule has 7 nitrogen and oxygen atoms in total. The molecular formula is C35H22ClN3O4. The molecule has 0 spiro atoms. The van der Waals surface area contributed by atoms with Crippen molar-refractivity contribution in [2.45, 2.75) is 11.3 Å². The minimum atomic E-state index is -1.08. The number of halogens is 1. The van der Waals surface area contributed by atoms with E-state index in [9.17, 15) is 19.7 Å². The lowest BCUT2D eigenvalue weighted by Gasteiger charge is -2.52. The summed E-state index contributed by atoms with van der Waals surface area (Å²) < 4.78 is 0. The highest BCUT2D eigenvalue weighted by atomic mass is 35.5. The maximum Gasteiger partial charge on any atom is 0.271 e. The number of aliphatic imine (C=N–C) groups is 1. The highest BCUT2D eigenvalue weighted by molar-refractivity contribution is 6.33. The molecule has 4 aliphatic rings. The quantitative estimate of drug-likeness (QED) is 0.0956. The highest BCUT2D eigenvalue weighted by Crippen LogP contribution is 2.64. The molecule has 2 bridgehead atoms. The molecule has 3 aliphatic carbocycles. The molecule has 208 valence electrons. The average molecular weight is 584 g/mol. The molecule has 0 saturated carbocycles. The van der Waals surface area contributed by atoms with Crippen LogP contribution in [0.15, 0.2) is 114 Å². The Morgan fingerprint density at radius 1 is 0.814 bits per heavy atom. The second kappa shape index (κ2) is 9.18. The number of rotatable bonds is 4. The molecule has 0 aromatic heterocycles. The molecule has 1 saturated heterocycles. The van der Waals surface area contributed by atoms with Crippen molar-refractivity contribution in [3.63, 3.8) is 0 Å². The van der Waals surface area contributed by atoms with Gasteiger partial charge < -0.3 is 0 Å². The number of hydrogen-bond acceptors (Lipinski definition) is 5. The Balaban J connectivity index is 1.38. The average Bonchev–Trinajstić information content (AvgIpc) is 3.30. The van der Waals surface area contributed by atoms with Gasteiger partial charge in [-0.3, -0.25) is 24.7 Å². The summed E-state index contributed by atoms with van der Waals surface area (Å²) in [5.41, 5.74) is 3.51. The third-order valence-corrected chi connectivity index (χ3v) is 9.54. The molecule has 1 heterocycles. The van der Waals surface area contributed by atoms with E-state index in [4.69, 9.17) is 16.6 Å². The van der Waals surface area contributed by atoms with E-state index in [0.29, 0.717) is 11.4 Å². The van der Waals surface area contributed by atoms with Gasteiger partial charge in [-0.05, 0) is 39.8 Å². The number of anilines is 1. The van der Waals surface area contributed by atoms with Gasteiger partial charge >= 0.3 is 0 Å². The summed E-state index contributed by atoms with van der Waals surface area (Å²) in [4.78, 5) is 46.3. The third-order valence-electron chi connectivity index (χ3n) is 9.24. The zero-order valence-corrected chi connectivity index (χ0v) is 23.3. The fraction of sp³-hybridized carbons (Fsp3) is 0.114. The molecule has 2 atom stereocenters. The van der Waals surface area contributed by atoms with E-state index in [1.807, 2.05) is 91.0 Å². The van der Waals surface area contributed by atoms with Gasteiger partial charge in [0.2, 0.25) is 11.8 Å². The normalized spacial score (nSPS) is 23.5. The van der Waals surface area contributed by atoms with Crippen molar-refractivity contribution in [2.75, 3.05) is 4.90 Å². The summed E-state index contributed by atoms with van der Waals surface area (Å²) >= 11 is 6.46. The van der Waals surface area contributed by atoms with Gasteiger partial charge in [-0.2, -0.15) is 0 Å². The smallest absolute Gasteiger partial charge is 0.271 e. The largest absolute Gasteiger partial charge is 0.274 e. The van der Waals surface area contributed by atoms with Crippen LogP contribution in [0, 0.1) is 22.0 Å². The number of non-ortho nitro benzene ring substituents is 1. The van der Waals surface area contributed by atoms with Gasteiger partial charge in [-0.15, -0.1) is 0 Å². The SMILES string of the molecule is O=C1[C@@H]2C3c4ccccc4C(C=Nc4ccc([N+](=O)[O-])cc4Cl)(c4ccccc43)[C@@H]2C(=O)N1c1cccc2ccccc12. The van der Waals surface area contributed by atoms with E-state index in [0.717, 1.165) is 33.0 Å². The Bertz CT molecular complexity index is 2020. The van der Waals surface area contributed by atoms with E-state index in [1.54, 1.807) is 6.21 Å². The number of nitrogens with zero attached hydrogens (tertiary/aromatic N) is 3. The van der Waals surface area contributed by atoms with E-state index in [1.165, 1.54) is 23.1 Å². The molecule has 1 aliphatic heterocycles. The number of hydrogen-bond donors (Lipinski definition) is 0. The van der Waals surface area contributed by atoms with Crippen LogP contribution < -0.4 is 4.90 Å². The first kappa shape index (κ1) is 25.6. The molecule has 0 unspecified atom stereocenters. The summed E-state index contributed by atoms with van der Waals surface area (Å²) in [6.45, 7) is 0. The molecule has 0 N–H and O–H groups in total. The summed E-state index contributed by atoms with van der Waals surface area (Å²) in [7, 11) is 0. The second-order valence-corrected chi connectivity index (χ2v) is 11.6. The Morgan fingerprint density at radius 2 is 1.47 bits per heavy atom. The minimum Gasteiger partial charge on any atom is -0.274 e. The molecule has 0 radical (unpaired) electrons. The van der Waals surface area contributed by atoms with Crippen LogP contribution in [0.25, 0.3) is 10.8 Å². The summed E-state index contributed by atoms with van der Waals surface area (Å²) in [5.74, 6) is -2.20. The van der Waals surface area contributed by atoms with Gasteiger partial charge in [0.25, 0.3) is 5.69 Å². The first-order valence-corrected chi connectivity index (χ1v) is 14.3. The molecule has 5 aromatic carbocycles. The number of nitro groups is 1. The van der Waals surface area contributed by atoms with Crippen molar-refractivity contribution < 1.29 is 14.5 Å². The number of carbonyl (C=O) groups excluding carboxylic acids is 2. The predicted molar refractivity (Wildman–Crippen MR) is 165 cm³/mol. The topological polar surface area (TPSA) is 92.9 Å². The van der Waals surface area contributed by atoms with Crippen LogP contribution in [0.2, 0.25) is 5.02 Å². The van der Waals surface area contributed by atoms with Gasteiger partial charge in [0.1, 0.15) is 0 Å². The lowest BCUT2D eigenvalue weighted by atomic mass is 9.47. The van der Waals surface area contributed by atoms with Gasteiger partial charge in [0.15, 0.2) is 0 Å². The zero-order chi connectivity index (χ0) is 29.5. The summed E-state index contributed by atoms with van der Waals surface area (Å²) in [6, 6.07) is 33.4. The van der Waals surface area contributed by atoms with Crippen molar-refractivity contribution in [2.24, 2.45) is 16.8 Å². The third kappa shape index (κ3) is 3.40. The van der Waals surface area contributed by atoms with E-state index in [-0.39, 0.29) is 28.4 Å². The highest BCUT2D eigenvalue weighted by Gasteiger charge is 2.68. The van der Waals surface area contributed by atoms with Crippen LogP contribution >= 0.6 is 11.6 Å². The monoisotopic (exact) mass is 583 g/mol. The Morgan fingerprint density at radius 3 is 2.16 bits per heavy atom. The lowest BCUT2D eigenvalue weighted by molar-refractivity contribution is -0.384. The summed E-state index contributed by atoms with van der Waals surface area (Å²) in [5, 5.41) is 13.2. The number of amides is 2. The predicted octanol–water partition coefficient (Wildman–Crippen LogP) is 7.35. The minimum absolute atomic E-state index is 0.121. The van der Waals surface area contributed by atoms with Crippen molar-refractivity contribution in [3.8, 4) is 0 Å². The molecule has 2 amide bonds. The van der Waals surface area contributed by atoms with E-state index >= 15 is 0 Å². The first-order chi connectivity index (χ1) is 20.9. The fourth-order valence-electron chi connectivity index (χ4n) is 7.58. The lowest BCUT2D eigenvalue weighted by Crippen LogP contribution is -2.54. The van der Waals surface area contributed by atoms with Crippen LogP contribution in [0.3, 0.4) is 0 Å². The van der Waals surface area contributed by atoms with Crippen molar-refractivity contribution in [1.82, 2.24) is 0 Å². The number of benzene rings is 5. The Hall–Kier alpha value is -5.14. The van der Waals surface area contributed by atoms with E-state index in [2.05, 4.69) is 0 Å². The maximum atomic E-state index is 14.7. The molecule has 1 fully saturated rings. The Labute approximate surface area is 251 Å². The summed E-state index contributed by atoms with van der Waals surface area (Å²) in [6.07, 6.45) is 1.74. The van der Waals surface area contributed by atoms with Crippen molar-refractivity contribution in [3.05, 3.63) is 147 Å². The van der Waals surface area contributed by atoms with Crippen molar-refractivity contribution >= 4 is 57.5 Å². The van der Waals surface area contributed by atoms with Crippen LogP contribution in [0.4, 0.5) is 17.1 Å². The maximum absolute atomic E-state index is 14.7. The van der Waals surface area contributed by atoms with E-state index < -0.39 is 22.2 Å². The van der Waals surface area contributed by atoms with Gasteiger partial charge in [0, 0.05) is 29.7 Å². The number of fused-ring (bicyclic) bond motifs is 1. The molecule has 5 aromatic rings. The molecule has 8 heteroatoms. The van der Waals surface area contributed by atoms with Crippen LogP contribution in [-0.4, -0.2) is 23.0 Å². The second-order valence-electron chi connectivity index (χ2n) is 11.2. The fourth-order valence-corrected chi connectivity index (χ4v) is 7.80. The Kier molecular flexibility index (Phi) is 5.46. The van der Waals surface area contributed by atoms with Crippen molar-refractivity contribution in [1.29, 1.82) is 0 Å². The molecular weight excluding hydrogens is 562 g/mol. The zero-order valence-electron chi connectivity index (χ0n) is 22.6. The first-order valence-electron chi connectivity index (χ1n) is 14.0. The van der Waals surface area contributed by atoms with Crippen LogP contribution in [-0.2, 0) is 15.0 Å². The standard InChI is InChI=1S/C35H22ClN3O4/c36-27-18-21(39(42)43)16-17-28(27)37-19-35-25-13-5-3-11-23(25)30(24-12-4-6-14-26(24)35)31-32(35)34(41)38(33(31)40)29-15-7-9-20-8-1-2-10-22(20)29/h1-19,30-32H/t30?,31-,32+,35?/m1/s1. The van der Waals surface area contributed by atoms with Crippen LogP contribution in [0.1, 0.15) is 28.2 Å². The number of carbonyl (C=O) groups is 2. The van der Waals surface area contributed by atoms with Gasteiger partial charge in [0.05, 0.1) is 38.6 Å². The van der Waals surface area contributed by atoms with Crippen LogP contribution in [0.5, 0.6) is 0 Å².